The number of carbonyl (C=O) groups excluding carboxylic acids is 3. The van der Waals surface area contributed by atoms with Crippen LogP contribution in [-0.2, 0) is 20.8 Å². The minimum Gasteiger partial charge on any atom is -0.359 e. The standard InChI is InChI=1S/C18H22FN3O3/c1-11-3-4-15(19)12(5-11)6-16(23)21-9-14(10-21)22-8-13(7-17(22)24)18(25)20-2/h3-5,13-14H,6-10H2,1-2H3,(H,20,25). The highest BCUT2D eigenvalue weighted by Gasteiger charge is 2.43. The molecule has 2 aliphatic rings. The highest BCUT2D eigenvalue weighted by atomic mass is 19.1. The number of nitrogens with one attached hydrogen (secondary N) is 1. The minimum atomic E-state index is -0.376. The Hall–Kier alpha value is -2.44. The van der Waals surface area contributed by atoms with Crippen molar-refractivity contribution in [3.05, 3.63) is 35.1 Å². The second-order valence-electron chi connectivity index (χ2n) is 6.79. The topological polar surface area (TPSA) is 69.7 Å². The Balaban J connectivity index is 1.54. The SMILES string of the molecule is CNC(=O)C1CC(=O)N(C2CN(C(=O)Cc3cc(C)ccc3F)C2)C1. The zero-order chi connectivity index (χ0) is 18.1. The molecule has 0 aliphatic carbocycles. The molecule has 0 aromatic heterocycles. The van der Waals surface area contributed by atoms with E-state index in [-0.39, 0.29) is 48.3 Å². The average molecular weight is 347 g/mol. The van der Waals surface area contributed by atoms with Crippen LogP contribution in [0.5, 0.6) is 0 Å². The van der Waals surface area contributed by atoms with Gasteiger partial charge in [0.2, 0.25) is 17.7 Å². The zero-order valence-electron chi connectivity index (χ0n) is 14.4. The van der Waals surface area contributed by atoms with E-state index in [4.69, 9.17) is 0 Å². The number of rotatable bonds is 4. The van der Waals surface area contributed by atoms with Gasteiger partial charge in [-0.15, -0.1) is 0 Å². The van der Waals surface area contributed by atoms with Crippen molar-refractivity contribution in [2.24, 2.45) is 5.92 Å². The normalized spacial score (nSPS) is 20.6. The molecule has 134 valence electrons. The Kier molecular flexibility index (Phi) is 4.74. The Bertz CT molecular complexity index is 716. The number of carbonyl (C=O) groups is 3. The van der Waals surface area contributed by atoms with Gasteiger partial charge in [0.25, 0.3) is 0 Å². The van der Waals surface area contributed by atoms with Gasteiger partial charge in [-0.2, -0.15) is 0 Å². The van der Waals surface area contributed by atoms with E-state index >= 15 is 0 Å². The van der Waals surface area contributed by atoms with E-state index in [1.54, 1.807) is 29.0 Å². The van der Waals surface area contributed by atoms with Gasteiger partial charge in [-0.1, -0.05) is 17.7 Å². The van der Waals surface area contributed by atoms with E-state index in [2.05, 4.69) is 5.32 Å². The molecule has 0 bridgehead atoms. The third-order valence-corrected chi connectivity index (χ3v) is 4.97. The molecule has 7 heteroatoms. The van der Waals surface area contributed by atoms with E-state index in [1.807, 2.05) is 6.92 Å². The van der Waals surface area contributed by atoms with E-state index in [0.29, 0.717) is 25.2 Å². The van der Waals surface area contributed by atoms with Gasteiger partial charge in [0.05, 0.1) is 18.4 Å². The minimum absolute atomic E-state index is 0.0229. The fourth-order valence-corrected chi connectivity index (χ4v) is 3.43. The maximum absolute atomic E-state index is 13.8. The van der Waals surface area contributed by atoms with Crippen LogP contribution in [0.25, 0.3) is 0 Å². The van der Waals surface area contributed by atoms with Crippen LogP contribution in [0.2, 0.25) is 0 Å². The summed E-state index contributed by atoms with van der Waals surface area (Å²) in [6, 6.07) is 4.68. The second kappa shape index (κ2) is 6.82. The number of benzene rings is 1. The van der Waals surface area contributed by atoms with Gasteiger partial charge in [0.15, 0.2) is 0 Å². The van der Waals surface area contributed by atoms with Gasteiger partial charge in [-0.05, 0) is 18.6 Å². The second-order valence-corrected chi connectivity index (χ2v) is 6.79. The molecular formula is C18H22FN3O3. The highest BCUT2D eigenvalue weighted by molar-refractivity contribution is 5.89. The molecule has 1 unspecified atom stereocenters. The molecule has 2 heterocycles. The molecule has 0 saturated carbocycles. The van der Waals surface area contributed by atoms with Gasteiger partial charge in [0.1, 0.15) is 5.82 Å². The molecular weight excluding hydrogens is 325 g/mol. The van der Waals surface area contributed by atoms with Gasteiger partial charge < -0.3 is 15.1 Å². The number of hydrogen-bond donors (Lipinski definition) is 1. The summed E-state index contributed by atoms with van der Waals surface area (Å²) in [5, 5.41) is 2.57. The molecule has 2 fully saturated rings. The van der Waals surface area contributed by atoms with Gasteiger partial charge in [0, 0.05) is 33.1 Å². The third-order valence-electron chi connectivity index (χ3n) is 4.97. The van der Waals surface area contributed by atoms with E-state index in [1.165, 1.54) is 6.07 Å². The Labute approximate surface area is 146 Å². The molecule has 3 rings (SSSR count). The number of amides is 3. The summed E-state index contributed by atoms with van der Waals surface area (Å²) in [6.07, 6.45) is 0.244. The van der Waals surface area contributed by atoms with Crippen molar-refractivity contribution < 1.29 is 18.8 Å². The highest BCUT2D eigenvalue weighted by Crippen LogP contribution is 2.25. The molecule has 25 heavy (non-hydrogen) atoms. The maximum Gasteiger partial charge on any atom is 0.227 e. The number of nitrogens with zero attached hydrogens (tertiary/aromatic N) is 2. The Morgan fingerprint density at radius 1 is 1.28 bits per heavy atom. The quantitative estimate of drug-likeness (QED) is 0.861. The van der Waals surface area contributed by atoms with E-state index in [0.717, 1.165) is 5.56 Å². The largest absolute Gasteiger partial charge is 0.359 e. The molecule has 0 radical (unpaired) electrons. The van der Waals surface area contributed by atoms with Crippen molar-refractivity contribution in [3.63, 3.8) is 0 Å². The monoisotopic (exact) mass is 347 g/mol. The van der Waals surface area contributed by atoms with Crippen LogP contribution in [0.15, 0.2) is 18.2 Å². The Morgan fingerprint density at radius 3 is 2.68 bits per heavy atom. The molecule has 1 N–H and O–H groups in total. The predicted octanol–water partition coefficient (Wildman–Crippen LogP) is 0.482. The number of aryl methyl sites for hydroxylation is 1. The van der Waals surface area contributed by atoms with Gasteiger partial charge in [-0.25, -0.2) is 4.39 Å². The van der Waals surface area contributed by atoms with Crippen LogP contribution in [0.4, 0.5) is 4.39 Å². The number of hydrogen-bond acceptors (Lipinski definition) is 3. The maximum atomic E-state index is 13.8. The first-order valence-electron chi connectivity index (χ1n) is 8.43. The smallest absolute Gasteiger partial charge is 0.227 e. The summed E-state index contributed by atoms with van der Waals surface area (Å²) in [5.74, 6) is -1.01. The van der Waals surface area contributed by atoms with Crippen molar-refractivity contribution in [1.82, 2.24) is 15.1 Å². The molecule has 2 aliphatic heterocycles. The van der Waals surface area contributed by atoms with Crippen LogP contribution in [0.1, 0.15) is 17.5 Å². The van der Waals surface area contributed by atoms with Crippen LogP contribution >= 0.6 is 0 Å². The summed E-state index contributed by atoms with van der Waals surface area (Å²) in [7, 11) is 1.56. The van der Waals surface area contributed by atoms with Crippen LogP contribution < -0.4 is 5.32 Å². The summed E-state index contributed by atoms with van der Waals surface area (Å²) in [4.78, 5) is 39.4. The average Bonchev–Trinajstić information content (AvgIpc) is 2.90. The van der Waals surface area contributed by atoms with E-state index < -0.39 is 0 Å². The van der Waals surface area contributed by atoms with Crippen molar-refractivity contribution in [2.75, 3.05) is 26.7 Å². The predicted molar refractivity (Wildman–Crippen MR) is 89.1 cm³/mol. The fourth-order valence-electron chi connectivity index (χ4n) is 3.43. The molecule has 0 spiro atoms. The first kappa shape index (κ1) is 17.4. The van der Waals surface area contributed by atoms with Crippen molar-refractivity contribution in [2.45, 2.75) is 25.8 Å². The Morgan fingerprint density at radius 2 is 2.00 bits per heavy atom. The zero-order valence-corrected chi connectivity index (χ0v) is 14.4. The lowest BCUT2D eigenvalue weighted by atomic mass is 10.0. The molecule has 1 aromatic rings. The van der Waals surface area contributed by atoms with E-state index in [9.17, 15) is 18.8 Å². The molecule has 6 nitrogen and oxygen atoms in total. The summed E-state index contributed by atoms with van der Waals surface area (Å²) in [5.41, 5.74) is 1.30. The molecule has 1 atom stereocenters. The van der Waals surface area contributed by atoms with Crippen LogP contribution in [0, 0.1) is 18.7 Å². The molecule has 1 aromatic carbocycles. The first-order chi connectivity index (χ1) is 11.9. The molecule has 3 amide bonds. The number of likely N-dealkylation sites (tertiary alicyclic amines) is 2. The first-order valence-corrected chi connectivity index (χ1v) is 8.43. The summed E-state index contributed by atoms with van der Waals surface area (Å²) in [6.45, 7) is 3.14. The number of halogens is 1. The van der Waals surface area contributed by atoms with Crippen LogP contribution in [0.3, 0.4) is 0 Å². The fraction of sp³-hybridized carbons (Fsp3) is 0.500. The summed E-state index contributed by atoms with van der Waals surface area (Å²) >= 11 is 0. The summed E-state index contributed by atoms with van der Waals surface area (Å²) < 4.78 is 13.8. The lowest BCUT2D eigenvalue weighted by molar-refractivity contribution is -0.143. The third kappa shape index (κ3) is 3.50. The molecule has 2 saturated heterocycles. The lowest BCUT2D eigenvalue weighted by Crippen LogP contribution is -2.61. The van der Waals surface area contributed by atoms with Crippen molar-refractivity contribution in [3.8, 4) is 0 Å². The van der Waals surface area contributed by atoms with Crippen molar-refractivity contribution >= 4 is 17.7 Å². The van der Waals surface area contributed by atoms with Crippen LogP contribution in [-0.4, -0.2) is 60.2 Å². The van der Waals surface area contributed by atoms with Gasteiger partial charge in [-0.3, -0.25) is 14.4 Å². The van der Waals surface area contributed by atoms with Crippen molar-refractivity contribution in [1.29, 1.82) is 0 Å². The lowest BCUT2D eigenvalue weighted by Gasteiger charge is -2.44. The van der Waals surface area contributed by atoms with Gasteiger partial charge >= 0.3 is 0 Å².